The lowest BCUT2D eigenvalue weighted by molar-refractivity contribution is -0.131. The summed E-state index contributed by atoms with van der Waals surface area (Å²) in [6.07, 6.45) is 20.8. The van der Waals surface area contributed by atoms with E-state index in [1.807, 2.05) is 24.8 Å². The van der Waals surface area contributed by atoms with Crippen LogP contribution in [-0.2, 0) is 17.9 Å². The molecule has 0 aliphatic heterocycles. The molecule has 0 N–H and O–H groups in total. The molecule has 0 spiro atoms. The molecule has 3 saturated carbocycles. The Morgan fingerprint density at radius 2 is 1.58 bits per heavy atom. The highest BCUT2D eigenvalue weighted by Gasteiger charge is 2.58. The van der Waals surface area contributed by atoms with Crippen LogP contribution in [0.5, 0.6) is 0 Å². The second-order valence-electron chi connectivity index (χ2n) is 11.7. The van der Waals surface area contributed by atoms with Gasteiger partial charge in [0.05, 0.1) is 18.8 Å². The Morgan fingerprint density at radius 3 is 2.25 bits per heavy atom. The predicted molar refractivity (Wildman–Crippen MR) is 142 cm³/mol. The molecule has 5 nitrogen and oxygen atoms in total. The van der Waals surface area contributed by atoms with E-state index in [0.29, 0.717) is 23.5 Å². The highest BCUT2D eigenvalue weighted by molar-refractivity contribution is 6.05. The molecule has 5 atom stereocenters. The van der Waals surface area contributed by atoms with E-state index < -0.39 is 0 Å². The third kappa shape index (κ3) is 4.03. The molecule has 5 heteroatoms. The van der Waals surface area contributed by atoms with Crippen molar-refractivity contribution in [3.8, 4) is 0 Å². The minimum Gasteiger partial charge on any atom is -0.299 e. The van der Waals surface area contributed by atoms with E-state index in [1.54, 1.807) is 0 Å². The zero-order valence-electron chi connectivity index (χ0n) is 21.4. The normalized spacial score (nSPS) is 34.1. The largest absolute Gasteiger partial charge is 0.299 e. The van der Waals surface area contributed by atoms with Crippen LogP contribution in [0.2, 0.25) is 0 Å². The van der Waals surface area contributed by atoms with Crippen molar-refractivity contribution in [2.75, 3.05) is 0 Å². The smallest absolute Gasteiger partial charge is 0.139 e. The molecule has 0 radical (unpaired) electrons. The number of allylic oxidation sites excluding steroid dienone is 4. The number of carbonyl (C=O) groups excluding carboxylic acids is 1. The first-order chi connectivity index (χ1) is 17.5. The summed E-state index contributed by atoms with van der Waals surface area (Å²) >= 11 is 0. The molecule has 3 fully saturated rings. The summed E-state index contributed by atoms with van der Waals surface area (Å²) in [5.41, 5.74) is 4.95. The topological polar surface area (TPSA) is 58.5 Å². The molecule has 186 valence electrons. The minimum absolute atomic E-state index is 0.0653. The second-order valence-corrected chi connectivity index (χ2v) is 11.7. The molecule has 6 rings (SSSR count). The third-order valence-electron chi connectivity index (χ3n) is 9.76. The van der Waals surface area contributed by atoms with Gasteiger partial charge in [-0.15, -0.1) is 0 Å². The number of fused-ring (bicyclic) bond motifs is 5. The summed E-state index contributed by atoms with van der Waals surface area (Å²) in [7, 11) is 0. The molecule has 0 saturated heterocycles. The van der Waals surface area contributed by atoms with Crippen molar-refractivity contribution < 1.29 is 4.79 Å². The van der Waals surface area contributed by atoms with Crippen molar-refractivity contribution in [1.82, 2.24) is 15.0 Å². The van der Waals surface area contributed by atoms with Crippen LogP contribution in [0.1, 0.15) is 63.5 Å². The molecule has 36 heavy (non-hydrogen) atoms. The van der Waals surface area contributed by atoms with Gasteiger partial charge in [0.25, 0.3) is 0 Å². The Balaban J connectivity index is 1.26. The van der Waals surface area contributed by atoms with Crippen molar-refractivity contribution in [1.29, 1.82) is 0 Å². The highest BCUT2D eigenvalue weighted by atomic mass is 16.1. The quantitative estimate of drug-likeness (QED) is 0.482. The van der Waals surface area contributed by atoms with Gasteiger partial charge in [0, 0.05) is 42.0 Å². The molecule has 2 heterocycles. The number of hydrazone groups is 1. The van der Waals surface area contributed by atoms with Gasteiger partial charge in [-0.2, -0.15) is 5.10 Å². The zero-order valence-corrected chi connectivity index (χ0v) is 21.4. The molecule has 2 aromatic heterocycles. The van der Waals surface area contributed by atoms with E-state index in [4.69, 9.17) is 5.10 Å². The molecule has 2 aromatic rings. The number of Topliss-reactive ketones (excluding diaryl/α,β-unsaturated/α-hetero) is 1. The van der Waals surface area contributed by atoms with Gasteiger partial charge in [-0.05, 0) is 97.4 Å². The van der Waals surface area contributed by atoms with E-state index in [9.17, 15) is 4.79 Å². The molecule has 0 bridgehead atoms. The number of pyridine rings is 2. The summed E-state index contributed by atoms with van der Waals surface area (Å²) in [5, 5.41) is 7.27. The van der Waals surface area contributed by atoms with Crippen LogP contribution in [0, 0.1) is 28.6 Å². The van der Waals surface area contributed by atoms with E-state index in [2.05, 4.69) is 71.3 Å². The number of aromatic nitrogens is 2. The van der Waals surface area contributed by atoms with Gasteiger partial charge in [0.15, 0.2) is 0 Å². The fourth-order valence-electron chi connectivity index (χ4n) is 7.73. The Kier molecular flexibility index (Phi) is 5.89. The lowest BCUT2D eigenvalue weighted by atomic mass is 9.48. The summed E-state index contributed by atoms with van der Waals surface area (Å²) in [5.74, 6) is 2.38. The molecular weight excluding hydrogens is 444 g/mol. The Morgan fingerprint density at radius 1 is 0.917 bits per heavy atom. The van der Waals surface area contributed by atoms with E-state index >= 15 is 0 Å². The van der Waals surface area contributed by atoms with Crippen LogP contribution >= 0.6 is 0 Å². The molecule has 0 amide bonds. The standard InChI is InChI=1S/C31H36N4O/c1-30-13-7-25(34-35(20-22-9-15-32-16-10-22)21-23-11-17-33-18-12-23)19-24(30)3-4-26-27-5-6-29(36)31(27,2)14-8-28(26)30/h7,9-13,15-19,26-28H,3-6,8,14,20-21H2,1-2H3/t26-,27-,28-,30-,31-/m0/s1. The van der Waals surface area contributed by atoms with Gasteiger partial charge >= 0.3 is 0 Å². The minimum atomic E-state index is -0.0653. The van der Waals surface area contributed by atoms with E-state index in [0.717, 1.165) is 50.9 Å². The van der Waals surface area contributed by atoms with Gasteiger partial charge in [-0.3, -0.25) is 19.8 Å². The monoisotopic (exact) mass is 480 g/mol. The Bertz CT molecular complexity index is 1180. The summed E-state index contributed by atoms with van der Waals surface area (Å²) in [6, 6.07) is 8.21. The van der Waals surface area contributed by atoms with Crippen molar-refractivity contribution in [3.63, 3.8) is 0 Å². The van der Waals surface area contributed by atoms with Crippen molar-refractivity contribution >= 4 is 11.5 Å². The number of rotatable bonds is 5. The maximum Gasteiger partial charge on any atom is 0.139 e. The van der Waals surface area contributed by atoms with Crippen molar-refractivity contribution in [3.05, 3.63) is 84.0 Å². The van der Waals surface area contributed by atoms with Gasteiger partial charge in [-0.1, -0.05) is 25.5 Å². The fraction of sp³-hybridized carbons (Fsp3) is 0.484. The Labute approximate surface area is 214 Å². The second kappa shape index (κ2) is 9.10. The van der Waals surface area contributed by atoms with Gasteiger partial charge in [-0.25, -0.2) is 0 Å². The first-order valence-electron chi connectivity index (χ1n) is 13.5. The summed E-state index contributed by atoms with van der Waals surface area (Å²) < 4.78 is 0. The molecule has 4 aliphatic carbocycles. The van der Waals surface area contributed by atoms with Crippen LogP contribution in [-0.4, -0.2) is 26.5 Å². The molecule has 0 unspecified atom stereocenters. The average molecular weight is 481 g/mol. The first kappa shape index (κ1) is 23.3. The zero-order chi connectivity index (χ0) is 24.8. The number of ketones is 1. The average Bonchev–Trinajstić information content (AvgIpc) is 3.20. The van der Waals surface area contributed by atoms with Crippen LogP contribution in [0.3, 0.4) is 0 Å². The van der Waals surface area contributed by atoms with Crippen molar-refractivity contribution in [2.45, 2.75) is 65.5 Å². The lowest BCUT2D eigenvalue weighted by Crippen LogP contribution is -2.49. The summed E-state index contributed by atoms with van der Waals surface area (Å²) in [6.45, 7) is 6.15. The van der Waals surface area contributed by atoms with Gasteiger partial charge in [0.1, 0.15) is 5.78 Å². The van der Waals surface area contributed by atoms with Crippen molar-refractivity contribution in [2.24, 2.45) is 33.7 Å². The fourth-order valence-corrected chi connectivity index (χ4v) is 7.73. The molecule has 4 aliphatic rings. The number of hydrogen-bond acceptors (Lipinski definition) is 5. The van der Waals surface area contributed by atoms with E-state index in [-0.39, 0.29) is 10.8 Å². The number of nitrogens with zero attached hydrogens (tertiary/aromatic N) is 4. The van der Waals surface area contributed by atoms with Crippen LogP contribution in [0.15, 0.2) is 78.0 Å². The Hall–Kier alpha value is -3.08. The maximum atomic E-state index is 12.7. The summed E-state index contributed by atoms with van der Waals surface area (Å²) in [4.78, 5) is 21.1. The lowest BCUT2D eigenvalue weighted by Gasteiger charge is -2.55. The van der Waals surface area contributed by atoms with Crippen LogP contribution < -0.4 is 0 Å². The molecule has 0 aromatic carbocycles. The van der Waals surface area contributed by atoms with Gasteiger partial charge in [0.2, 0.25) is 0 Å². The van der Waals surface area contributed by atoms with E-state index in [1.165, 1.54) is 23.1 Å². The van der Waals surface area contributed by atoms with Crippen LogP contribution in [0.4, 0.5) is 0 Å². The van der Waals surface area contributed by atoms with Gasteiger partial charge < -0.3 is 0 Å². The number of hydrogen-bond donors (Lipinski definition) is 0. The number of carbonyl (C=O) groups is 1. The first-order valence-corrected chi connectivity index (χ1v) is 13.5. The van der Waals surface area contributed by atoms with Crippen LogP contribution in [0.25, 0.3) is 0 Å². The third-order valence-corrected chi connectivity index (χ3v) is 9.76. The predicted octanol–water partition coefficient (Wildman–Crippen LogP) is 6.14. The highest BCUT2D eigenvalue weighted by Crippen LogP contribution is 2.63. The SMILES string of the molecule is C[C@]12C=CC(=NN(Cc3ccncc3)Cc3ccncc3)C=C1CC[C@@H]1[C@@H]2CC[C@]2(C)C(=O)CC[C@@H]12. The molecular formula is C31H36N4O. The maximum absolute atomic E-state index is 12.7.